The van der Waals surface area contributed by atoms with Crippen LogP contribution in [-0.4, -0.2) is 36.1 Å². The average molecular weight is 359 g/mol. The number of hydrogen-bond donors (Lipinski definition) is 3. The Morgan fingerprint density at radius 1 is 1.22 bits per heavy atom. The van der Waals surface area contributed by atoms with E-state index in [1.165, 1.54) is 0 Å². The van der Waals surface area contributed by atoms with Gasteiger partial charge in [0.25, 0.3) is 0 Å². The molecule has 0 aromatic heterocycles. The third-order valence-corrected chi connectivity index (χ3v) is 3.80. The molecule has 0 saturated heterocycles. The number of amides is 1. The predicted molar refractivity (Wildman–Crippen MR) is 89.9 cm³/mol. The number of nitrogens with one attached hydrogen (secondary N) is 1. The first-order valence-electron chi connectivity index (χ1n) is 9.41. The molecule has 0 rings (SSSR count). The van der Waals surface area contributed by atoms with Crippen LogP contribution >= 0.6 is 7.82 Å². The molecule has 0 aliphatic heterocycles. The Morgan fingerprint density at radius 2 is 1.87 bits per heavy atom. The topological polar surface area (TPSA) is 113 Å². The van der Waals surface area contributed by atoms with Crippen LogP contribution in [0.4, 0.5) is 0 Å². The van der Waals surface area contributed by atoms with Gasteiger partial charge in [0.05, 0.1) is 6.61 Å². The highest BCUT2D eigenvalue weighted by Crippen LogP contribution is 2.35. The summed E-state index contributed by atoms with van der Waals surface area (Å²) in [7, 11) is -4.19. The lowest BCUT2D eigenvalue weighted by molar-refractivity contribution is -0.126. The number of carbonyl (C=O) groups excluding carboxylic acids is 2. The summed E-state index contributed by atoms with van der Waals surface area (Å²) in [6.07, 6.45) is 4.37. The van der Waals surface area contributed by atoms with Crippen LogP contribution in [0.3, 0.4) is 0 Å². The highest BCUT2D eigenvalue weighted by molar-refractivity contribution is 7.46. The molecule has 0 heterocycles. The van der Waals surface area contributed by atoms with E-state index < -0.39 is 7.82 Å². The summed E-state index contributed by atoms with van der Waals surface area (Å²) in [5, 5.41) is 2.81. The Hall–Kier alpha value is -0.750. The maximum Gasteiger partial charge on any atom is 0.469 e. The van der Waals surface area contributed by atoms with Crippen LogP contribution in [0.5, 0.6) is 0 Å². The molecule has 0 radical (unpaired) electrons. The maximum atomic E-state index is 11.7. The molecule has 0 bridgehead atoms. The van der Waals surface area contributed by atoms with Crippen molar-refractivity contribution in [1.29, 1.82) is 1.43 Å². The minimum Gasteiger partial charge on any atom is -0.356 e. The van der Waals surface area contributed by atoms with Crippen molar-refractivity contribution in [3.8, 4) is 0 Å². The van der Waals surface area contributed by atoms with Gasteiger partial charge in [-0.2, -0.15) is 0 Å². The molecule has 1 amide bonds. The highest BCUT2D eigenvalue weighted by Gasteiger charge is 2.20. The SMILES string of the molecule is [3H]OP(=O)(O)OCCCCCCNC(=O)CCCC(=O)C(C)(C)C.[3H][3H]. The molecular formula is C15H32NO6P. The van der Waals surface area contributed by atoms with Crippen molar-refractivity contribution < 1.29 is 31.4 Å². The Balaban J connectivity index is 0. The maximum absolute atomic E-state index is 11.7. The molecule has 0 saturated carbocycles. The van der Waals surface area contributed by atoms with Crippen LogP contribution in [0.1, 0.15) is 68.7 Å². The Kier molecular flexibility index (Phi) is 8.82. The van der Waals surface area contributed by atoms with E-state index in [1.54, 1.807) is 0 Å². The fraction of sp³-hybridized carbons (Fsp3) is 0.867. The summed E-state index contributed by atoms with van der Waals surface area (Å²) in [4.78, 5) is 35.7. The fourth-order valence-electron chi connectivity index (χ4n) is 1.86. The Morgan fingerprint density at radius 3 is 2.48 bits per heavy atom. The van der Waals surface area contributed by atoms with Crippen molar-refractivity contribution in [2.45, 2.75) is 65.7 Å². The van der Waals surface area contributed by atoms with Crippen molar-refractivity contribution in [3.63, 3.8) is 0 Å². The zero-order chi connectivity index (χ0) is 20.6. The normalized spacial score (nSPS) is 15.2. The molecule has 7 nitrogen and oxygen atoms in total. The number of rotatable bonds is 13. The number of hydrogen-bond acceptors (Lipinski definition) is 5. The second kappa shape index (κ2) is 10.9. The van der Waals surface area contributed by atoms with Gasteiger partial charge in [-0.3, -0.25) is 14.1 Å². The van der Waals surface area contributed by atoms with E-state index in [2.05, 4.69) is 14.7 Å². The zero-order valence-corrected chi connectivity index (χ0v) is 15.2. The molecule has 0 spiro atoms. The van der Waals surface area contributed by atoms with E-state index in [0.717, 1.165) is 19.3 Å². The number of carbonyl (C=O) groups is 2. The van der Waals surface area contributed by atoms with E-state index in [-0.39, 0.29) is 23.7 Å². The monoisotopic (exact) mass is 359 g/mol. The number of unbranched alkanes of at least 4 members (excludes halogenated alkanes) is 3. The second-order valence-corrected chi connectivity index (χ2v) is 7.79. The Labute approximate surface area is 143 Å². The molecule has 0 aromatic rings. The molecule has 0 fully saturated rings. The Bertz CT molecular complexity index is 446. The summed E-state index contributed by atoms with van der Waals surface area (Å²) in [5.41, 5.74) is -0.350. The van der Waals surface area contributed by atoms with Gasteiger partial charge in [0.15, 0.2) is 0 Å². The molecule has 23 heavy (non-hydrogen) atoms. The molecule has 0 aliphatic rings. The van der Waals surface area contributed by atoms with Crippen LogP contribution in [0.25, 0.3) is 0 Å². The lowest BCUT2D eigenvalue weighted by Crippen LogP contribution is -2.25. The molecule has 1 unspecified atom stereocenters. The first-order valence-corrected chi connectivity index (χ1v) is 9.50. The van der Waals surface area contributed by atoms with Crippen LogP contribution in [-0.2, 0) is 18.7 Å². The van der Waals surface area contributed by atoms with E-state index in [1.807, 2.05) is 20.8 Å². The molecule has 3 N–H and O–H groups in total. The molecule has 8 heteroatoms. The lowest BCUT2D eigenvalue weighted by Gasteiger charge is -2.16. The number of phosphoric acid groups is 1. The first-order chi connectivity index (χ1) is 12.1. The number of phosphoric ester groups is 1. The van der Waals surface area contributed by atoms with E-state index in [4.69, 9.17) is 9.29 Å². The predicted octanol–water partition coefficient (Wildman–Crippen LogP) is 2.80. The number of Topliss-reactive ketones (excluding diaryl/α,β-unsaturated/α-hetero) is 1. The minimum atomic E-state index is -4.19. The van der Waals surface area contributed by atoms with Crippen LogP contribution < -0.4 is 5.32 Å². The van der Waals surface area contributed by atoms with E-state index >= 15 is 0 Å². The molecule has 138 valence electrons. The smallest absolute Gasteiger partial charge is 0.356 e. The van der Waals surface area contributed by atoms with Crippen molar-refractivity contribution in [1.82, 2.24) is 5.32 Å². The standard InChI is InChI=1S/C15H30NO6P.H2/c1-15(2,3)13(17)9-8-10-14(18)16-11-6-4-5-7-12-22-23(19,20)21;/h4-12H2,1-3H3,(H,16,18)(H2,19,20,21);1H/i;1+2T/hT. The quantitative estimate of drug-likeness (QED) is 0.344. The summed E-state index contributed by atoms with van der Waals surface area (Å²) in [5.74, 6) is 0.120. The second-order valence-electron chi connectivity index (χ2n) is 6.59. The van der Waals surface area contributed by atoms with E-state index in [0.29, 0.717) is 32.2 Å². The van der Waals surface area contributed by atoms with Gasteiger partial charge in [-0.25, -0.2) is 4.57 Å². The average Bonchev–Trinajstić information content (AvgIpc) is 2.58. The van der Waals surface area contributed by atoms with Gasteiger partial charge in [0.2, 0.25) is 7.34 Å². The molecule has 0 aromatic carbocycles. The summed E-state index contributed by atoms with van der Waals surface area (Å²) >= 11 is 0. The van der Waals surface area contributed by atoms with Crippen molar-refractivity contribution in [2.24, 2.45) is 5.41 Å². The molecule has 1 atom stereocenters. The minimum absolute atomic E-state index is 0.0474. The molecule has 0 aliphatic carbocycles. The molecular weight excluding hydrogens is 321 g/mol. The van der Waals surface area contributed by atoms with Gasteiger partial charge in [-0.05, 0) is 19.3 Å². The van der Waals surface area contributed by atoms with Gasteiger partial charge < -0.3 is 15.1 Å². The summed E-state index contributed by atoms with van der Waals surface area (Å²) < 4.78 is 31.7. The van der Waals surface area contributed by atoms with Crippen LogP contribution in [0.2, 0.25) is 0 Å². The van der Waals surface area contributed by atoms with Gasteiger partial charge >= 0.3 is 7.82 Å². The first kappa shape index (κ1) is 18.6. The fourth-order valence-corrected chi connectivity index (χ4v) is 2.22. The van der Waals surface area contributed by atoms with E-state index in [9.17, 15) is 14.2 Å². The van der Waals surface area contributed by atoms with Crippen molar-refractivity contribution >= 4 is 19.5 Å². The largest absolute Gasteiger partial charge is 0.469 e. The third kappa shape index (κ3) is 14.6. The highest BCUT2D eigenvalue weighted by atomic mass is 31.2. The van der Waals surface area contributed by atoms with Crippen LogP contribution in [0, 0.1) is 5.41 Å². The van der Waals surface area contributed by atoms with Crippen molar-refractivity contribution in [2.75, 3.05) is 13.2 Å². The third-order valence-electron chi connectivity index (χ3n) is 3.29. The summed E-state index contributed by atoms with van der Waals surface area (Å²) in [6, 6.07) is 0. The van der Waals surface area contributed by atoms with Crippen LogP contribution in [0.15, 0.2) is 0 Å². The van der Waals surface area contributed by atoms with Gasteiger partial charge in [0.1, 0.15) is 5.78 Å². The van der Waals surface area contributed by atoms with Crippen molar-refractivity contribution in [3.05, 3.63) is 0 Å². The van der Waals surface area contributed by atoms with Gasteiger partial charge in [0, 0.05) is 27.8 Å². The summed E-state index contributed by atoms with van der Waals surface area (Å²) in [6.45, 7) is 6.25. The lowest BCUT2D eigenvalue weighted by atomic mass is 9.88. The van der Waals surface area contributed by atoms with Gasteiger partial charge in [-0.1, -0.05) is 33.6 Å². The zero-order valence-electron chi connectivity index (χ0n) is 17.3. The number of ketones is 1. The van der Waals surface area contributed by atoms with Gasteiger partial charge in [-0.15, -0.1) is 0 Å².